The zero-order valence-corrected chi connectivity index (χ0v) is 13.6. The fourth-order valence-electron chi connectivity index (χ4n) is 4.56. The van der Waals surface area contributed by atoms with E-state index in [1.807, 2.05) is 0 Å². The number of nitrogens with zero attached hydrogens (tertiary/aromatic N) is 1. The molecule has 2 saturated heterocycles. The standard InChI is InChI=1S/C16H32N2O/c1-12-8-7-9-18(13(12)2)16(11-17)10-14(3,4)19-15(16,5)6/h12-13H,7-11,17H2,1-6H3. The van der Waals surface area contributed by atoms with Crippen molar-refractivity contribution in [1.29, 1.82) is 0 Å². The van der Waals surface area contributed by atoms with Crippen molar-refractivity contribution in [3.63, 3.8) is 0 Å². The second-order valence-corrected chi connectivity index (χ2v) is 7.84. The van der Waals surface area contributed by atoms with E-state index >= 15 is 0 Å². The first kappa shape index (κ1) is 15.3. The van der Waals surface area contributed by atoms with Crippen LogP contribution in [0, 0.1) is 5.92 Å². The largest absolute Gasteiger partial charge is 0.368 e. The minimum atomic E-state index is -0.184. The van der Waals surface area contributed by atoms with Gasteiger partial charge in [0.25, 0.3) is 0 Å². The van der Waals surface area contributed by atoms with Crippen molar-refractivity contribution in [2.75, 3.05) is 13.1 Å². The van der Waals surface area contributed by atoms with Crippen LogP contribution in [-0.2, 0) is 4.74 Å². The highest BCUT2D eigenvalue weighted by atomic mass is 16.5. The highest BCUT2D eigenvalue weighted by Crippen LogP contribution is 2.50. The zero-order valence-electron chi connectivity index (χ0n) is 13.6. The van der Waals surface area contributed by atoms with E-state index in [9.17, 15) is 0 Å². The third-order valence-electron chi connectivity index (χ3n) is 5.63. The summed E-state index contributed by atoms with van der Waals surface area (Å²) in [6.07, 6.45) is 3.65. The van der Waals surface area contributed by atoms with Gasteiger partial charge in [-0.3, -0.25) is 4.90 Å². The summed E-state index contributed by atoms with van der Waals surface area (Å²) in [5.41, 5.74) is 6.00. The Bertz CT molecular complexity index is 340. The van der Waals surface area contributed by atoms with Crippen LogP contribution in [0.1, 0.15) is 60.8 Å². The minimum Gasteiger partial charge on any atom is -0.368 e. The minimum absolute atomic E-state index is 0.0232. The molecule has 2 heterocycles. The fourth-order valence-corrected chi connectivity index (χ4v) is 4.56. The fraction of sp³-hybridized carbons (Fsp3) is 1.00. The van der Waals surface area contributed by atoms with Gasteiger partial charge in [-0.2, -0.15) is 0 Å². The van der Waals surface area contributed by atoms with Crippen molar-refractivity contribution in [2.45, 2.75) is 83.6 Å². The molecule has 3 atom stereocenters. The third kappa shape index (κ3) is 2.34. The molecule has 0 aromatic carbocycles. The smallest absolute Gasteiger partial charge is 0.0830 e. The highest BCUT2D eigenvalue weighted by Gasteiger charge is 2.60. The van der Waals surface area contributed by atoms with Crippen LogP contribution in [0.2, 0.25) is 0 Å². The summed E-state index contributed by atoms with van der Waals surface area (Å²) in [7, 11) is 0. The Labute approximate surface area is 118 Å². The molecule has 3 nitrogen and oxygen atoms in total. The Morgan fingerprint density at radius 1 is 1.21 bits per heavy atom. The second kappa shape index (κ2) is 4.71. The number of nitrogens with two attached hydrogens (primary N) is 1. The summed E-state index contributed by atoms with van der Waals surface area (Å²) in [5, 5.41) is 0. The Hall–Kier alpha value is -0.120. The molecule has 0 amide bonds. The van der Waals surface area contributed by atoms with E-state index in [1.165, 1.54) is 12.8 Å². The topological polar surface area (TPSA) is 38.5 Å². The molecular weight excluding hydrogens is 236 g/mol. The van der Waals surface area contributed by atoms with E-state index in [0.29, 0.717) is 12.6 Å². The number of ether oxygens (including phenoxy) is 1. The van der Waals surface area contributed by atoms with Crippen LogP contribution in [0.5, 0.6) is 0 Å². The van der Waals surface area contributed by atoms with Crippen LogP contribution in [0.3, 0.4) is 0 Å². The lowest BCUT2D eigenvalue weighted by molar-refractivity contribution is -0.118. The van der Waals surface area contributed by atoms with Gasteiger partial charge in [-0.15, -0.1) is 0 Å². The van der Waals surface area contributed by atoms with Crippen molar-refractivity contribution in [3.8, 4) is 0 Å². The van der Waals surface area contributed by atoms with Crippen LogP contribution >= 0.6 is 0 Å². The average Bonchev–Trinajstić information content (AvgIpc) is 2.47. The van der Waals surface area contributed by atoms with Gasteiger partial charge >= 0.3 is 0 Å². The van der Waals surface area contributed by atoms with Crippen molar-refractivity contribution >= 4 is 0 Å². The maximum absolute atomic E-state index is 6.36. The quantitative estimate of drug-likeness (QED) is 0.837. The molecule has 2 aliphatic rings. The molecule has 0 spiro atoms. The van der Waals surface area contributed by atoms with Gasteiger partial charge in [-0.1, -0.05) is 6.92 Å². The van der Waals surface area contributed by atoms with Crippen molar-refractivity contribution in [1.82, 2.24) is 4.90 Å². The van der Waals surface area contributed by atoms with Crippen LogP contribution in [0.4, 0.5) is 0 Å². The molecule has 19 heavy (non-hydrogen) atoms. The van der Waals surface area contributed by atoms with Gasteiger partial charge in [0.1, 0.15) is 0 Å². The molecule has 0 aromatic rings. The predicted octanol–water partition coefficient (Wildman–Crippen LogP) is 2.78. The van der Waals surface area contributed by atoms with Crippen LogP contribution in [0.25, 0.3) is 0 Å². The number of piperidine rings is 1. The first-order valence-electron chi connectivity index (χ1n) is 7.82. The van der Waals surface area contributed by atoms with E-state index in [4.69, 9.17) is 10.5 Å². The summed E-state index contributed by atoms with van der Waals surface area (Å²) in [4.78, 5) is 2.66. The Kier molecular flexibility index (Phi) is 3.79. The maximum atomic E-state index is 6.36. The van der Waals surface area contributed by atoms with Crippen molar-refractivity contribution in [2.24, 2.45) is 11.7 Å². The third-order valence-corrected chi connectivity index (χ3v) is 5.63. The SMILES string of the molecule is CC1CCCN(C2(CN)CC(C)(C)OC2(C)C)C1C. The molecule has 0 radical (unpaired) electrons. The summed E-state index contributed by atoms with van der Waals surface area (Å²) in [6, 6.07) is 0.592. The lowest BCUT2D eigenvalue weighted by atomic mass is 9.74. The molecule has 3 unspecified atom stereocenters. The molecule has 2 aliphatic heterocycles. The van der Waals surface area contributed by atoms with Gasteiger partial charge in [0.15, 0.2) is 0 Å². The number of rotatable bonds is 2. The summed E-state index contributed by atoms with van der Waals surface area (Å²) < 4.78 is 6.36. The van der Waals surface area contributed by atoms with Crippen LogP contribution in [-0.4, -0.2) is 40.8 Å². The van der Waals surface area contributed by atoms with E-state index in [1.54, 1.807) is 0 Å². The van der Waals surface area contributed by atoms with Crippen LogP contribution < -0.4 is 5.73 Å². The number of hydrogen-bond acceptors (Lipinski definition) is 3. The van der Waals surface area contributed by atoms with Gasteiger partial charge in [0.05, 0.1) is 16.7 Å². The normalized spacial score (nSPS) is 42.5. The van der Waals surface area contributed by atoms with Crippen molar-refractivity contribution < 1.29 is 4.74 Å². The van der Waals surface area contributed by atoms with Gasteiger partial charge in [0.2, 0.25) is 0 Å². The Morgan fingerprint density at radius 2 is 1.84 bits per heavy atom. The first-order valence-corrected chi connectivity index (χ1v) is 7.82. The molecule has 2 N–H and O–H groups in total. The highest BCUT2D eigenvalue weighted by molar-refractivity contribution is 5.14. The summed E-state index contributed by atoms with van der Waals surface area (Å²) >= 11 is 0. The Morgan fingerprint density at radius 3 is 2.32 bits per heavy atom. The summed E-state index contributed by atoms with van der Waals surface area (Å²) in [5.74, 6) is 0.747. The van der Waals surface area contributed by atoms with E-state index in [-0.39, 0.29) is 16.7 Å². The molecule has 0 aromatic heterocycles. The molecule has 2 rings (SSSR count). The summed E-state index contributed by atoms with van der Waals surface area (Å²) in [6.45, 7) is 15.4. The van der Waals surface area contributed by atoms with Gasteiger partial charge in [-0.05, 0) is 66.3 Å². The Balaban J connectivity index is 2.37. The number of hydrogen-bond donors (Lipinski definition) is 1. The number of likely N-dealkylation sites (tertiary alicyclic amines) is 1. The monoisotopic (exact) mass is 268 g/mol. The van der Waals surface area contributed by atoms with E-state index in [0.717, 1.165) is 18.9 Å². The maximum Gasteiger partial charge on any atom is 0.0830 e. The second-order valence-electron chi connectivity index (χ2n) is 7.84. The molecule has 2 fully saturated rings. The van der Waals surface area contributed by atoms with Gasteiger partial charge < -0.3 is 10.5 Å². The molecule has 3 heteroatoms. The van der Waals surface area contributed by atoms with Crippen molar-refractivity contribution in [3.05, 3.63) is 0 Å². The molecule has 0 bridgehead atoms. The zero-order chi connectivity index (χ0) is 14.5. The van der Waals surface area contributed by atoms with Gasteiger partial charge in [-0.25, -0.2) is 0 Å². The van der Waals surface area contributed by atoms with E-state index in [2.05, 4.69) is 46.4 Å². The van der Waals surface area contributed by atoms with Gasteiger partial charge in [0, 0.05) is 12.6 Å². The van der Waals surface area contributed by atoms with Crippen LogP contribution in [0.15, 0.2) is 0 Å². The lowest BCUT2D eigenvalue weighted by Crippen LogP contribution is -2.67. The predicted molar refractivity (Wildman–Crippen MR) is 80.2 cm³/mol. The van der Waals surface area contributed by atoms with E-state index < -0.39 is 0 Å². The molecule has 0 aliphatic carbocycles. The molecule has 0 saturated carbocycles. The lowest BCUT2D eigenvalue weighted by Gasteiger charge is -2.53. The molecular formula is C16H32N2O. The first-order chi connectivity index (χ1) is 8.65. The molecule has 112 valence electrons. The average molecular weight is 268 g/mol.